The minimum absolute atomic E-state index is 0.747. The summed E-state index contributed by atoms with van der Waals surface area (Å²) >= 11 is -0.747. The molecule has 0 N–H and O–H groups in total. The summed E-state index contributed by atoms with van der Waals surface area (Å²) in [6, 6.07) is 10.6. The Morgan fingerprint density at radius 3 is 2.64 bits per heavy atom. The molecule has 1 heterocycles. The van der Waals surface area contributed by atoms with Crippen LogP contribution >= 0.6 is 0 Å². The van der Waals surface area contributed by atoms with E-state index in [-0.39, 0.29) is 0 Å². The van der Waals surface area contributed by atoms with Gasteiger partial charge in [0.2, 0.25) is 0 Å². The third-order valence-corrected chi connectivity index (χ3v) is 5.60. The zero-order chi connectivity index (χ0) is 7.52. The van der Waals surface area contributed by atoms with E-state index in [9.17, 15) is 0 Å². The number of rotatable bonds is 1. The molecule has 11 heavy (non-hydrogen) atoms. The molecule has 0 amide bonds. The number of hydrogen-bond acceptors (Lipinski definition) is 1. The molecule has 54 valence electrons. The van der Waals surface area contributed by atoms with Crippen molar-refractivity contribution in [3.63, 3.8) is 0 Å². The van der Waals surface area contributed by atoms with Gasteiger partial charge in [0.15, 0.2) is 0 Å². The molecule has 0 atom stereocenters. The first kappa shape index (κ1) is 7.41. The molecule has 0 fully saturated rings. The van der Waals surface area contributed by atoms with Crippen LogP contribution in [0, 0.1) is 0 Å². The average Bonchev–Trinajstić information content (AvgIpc) is 2.58. The van der Waals surface area contributed by atoms with Crippen LogP contribution in [-0.2, 0) is 2.85 Å². The SMILES string of the molecule is c1ccc([C]2=[In][O]CC2)cc1. The first-order chi connectivity index (χ1) is 5.47. The summed E-state index contributed by atoms with van der Waals surface area (Å²) in [4.78, 5) is 0. The van der Waals surface area contributed by atoms with Crippen molar-refractivity contribution in [3.05, 3.63) is 35.9 Å². The molecule has 1 aliphatic rings. The van der Waals surface area contributed by atoms with E-state index >= 15 is 0 Å². The van der Waals surface area contributed by atoms with Gasteiger partial charge in [0, 0.05) is 0 Å². The normalized spacial score (nSPS) is 15.1. The molecule has 2 rings (SSSR count). The molecule has 1 aliphatic heterocycles. The van der Waals surface area contributed by atoms with Crippen LogP contribution < -0.4 is 0 Å². The van der Waals surface area contributed by atoms with Crippen molar-refractivity contribution < 1.29 is 2.85 Å². The maximum atomic E-state index is 5.46. The first-order valence-electron chi connectivity index (χ1n) is 3.83. The molecule has 0 aromatic heterocycles. The van der Waals surface area contributed by atoms with Crippen LogP contribution in [0.5, 0.6) is 0 Å². The molecular formula is C9H9InO. The Kier molecular flexibility index (Phi) is 2.32. The Bertz CT molecular complexity index is 266. The molecular weight excluding hydrogens is 239 g/mol. The third-order valence-electron chi connectivity index (χ3n) is 1.86. The summed E-state index contributed by atoms with van der Waals surface area (Å²) in [5.41, 5.74) is 1.42. The predicted octanol–water partition coefficient (Wildman–Crippen LogP) is 1.25. The molecule has 0 saturated carbocycles. The van der Waals surface area contributed by atoms with E-state index in [1.807, 2.05) is 0 Å². The Hall–Kier alpha value is -0.240. The molecule has 0 bridgehead atoms. The van der Waals surface area contributed by atoms with Gasteiger partial charge in [-0.2, -0.15) is 0 Å². The van der Waals surface area contributed by atoms with E-state index < -0.39 is 22.9 Å². The molecule has 0 saturated heterocycles. The van der Waals surface area contributed by atoms with Crippen LogP contribution in [-0.4, -0.2) is 32.7 Å². The van der Waals surface area contributed by atoms with Gasteiger partial charge in [-0.15, -0.1) is 0 Å². The molecule has 2 heteroatoms. The zero-order valence-corrected chi connectivity index (χ0v) is 9.58. The van der Waals surface area contributed by atoms with Gasteiger partial charge in [-0.1, -0.05) is 0 Å². The van der Waals surface area contributed by atoms with Crippen molar-refractivity contribution in [2.45, 2.75) is 6.42 Å². The molecule has 1 nitrogen and oxygen atoms in total. The van der Waals surface area contributed by atoms with Gasteiger partial charge < -0.3 is 0 Å². The summed E-state index contributed by atoms with van der Waals surface area (Å²) in [7, 11) is 0. The van der Waals surface area contributed by atoms with Crippen LogP contribution in [0.2, 0.25) is 0 Å². The average molecular weight is 248 g/mol. The fraction of sp³-hybridized carbons (Fsp3) is 0.222. The fourth-order valence-electron chi connectivity index (χ4n) is 1.25. The van der Waals surface area contributed by atoms with Gasteiger partial charge in [0.25, 0.3) is 0 Å². The van der Waals surface area contributed by atoms with Crippen molar-refractivity contribution in [3.8, 4) is 0 Å². The van der Waals surface area contributed by atoms with E-state index in [1.165, 1.54) is 12.0 Å². The van der Waals surface area contributed by atoms with Crippen LogP contribution in [0.1, 0.15) is 12.0 Å². The minimum atomic E-state index is -0.747. The molecule has 0 unspecified atom stereocenters. The third kappa shape index (κ3) is 1.67. The molecule has 0 radical (unpaired) electrons. The summed E-state index contributed by atoms with van der Waals surface area (Å²) in [6.07, 6.45) is 1.19. The van der Waals surface area contributed by atoms with Gasteiger partial charge in [0.05, 0.1) is 0 Å². The zero-order valence-electron chi connectivity index (χ0n) is 6.29. The molecule has 0 aliphatic carbocycles. The summed E-state index contributed by atoms with van der Waals surface area (Å²) in [5, 5.41) is 0. The van der Waals surface area contributed by atoms with Crippen LogP contribution in [0.4, 0.5) is 0 Å². The van der Waals surface area contributed by atoms with Crippen LogP contribution in [0.3, 0.4) is 0 Å². The van der Waals surface area contributed by atoms with E-state index in [0.29, 0.717) is 0 Å². The standard InChI is InChI=1S/C9H9O.In/c10-8-4-7-9-5-2-1-3-6-9;/h1-3,5-6H,4,8H2;/q-1;+1. The van der Waals surface area contributed by atoms with Crippen molar-refractivity contribution in [1.82, 2.24) is 0 Å². The van der Waals surface area contributed by atoms with Gasteiger partial charge in [-0.3, -0.25) is 0 Å². The Balaban J connectivity index is 2.29. The molecule has 1 aromatic carbocycles. The first-order valence-corrected chi connectivity index (χ1v) is 6.82. The Morgan fingerprint density at radius 2 is 2.00 bits per heavy atom. The van der Waals surface area contributed by atoms with Gasteiger partial charge in [-0.25, -0.2) is 0 Å². The second-order valence-electron chi connectivity index (χ2n) is 2.63. The molecule has 1 aromatic rings. The Labute approximate surface area is 77.8 Å². The van der Waals surface area contributed by atoms with Gasteiger partial charge in [0.1, 0.15) is 0 Å². The predicted molar refractivity (Wildman–Crippen MR) is 46.9 cm³/mol. The second kappa shape index (κ2) is 3.44. The summed E-state index contributed by atoms with van der Waals surface area (Å²) in [6.45, 7) is 0.978. The number of hydrogen-bond donors (Lipinski definition) is 0. The summed E-state index contributed by atoms with van der Waals surface area (Å²) in [5.74, 6) is 0. The van der Waals surface area contributed by atoms with E-state index in [2.05, 4.69) is 30.3 Å². The van der Waals surface area contributed by atoms with Crippen LogP contribution in [0.25, 0.3) is 0 Å². The van der Waals surface area contributed by atoms with Gasteiger partial charge in [-0.05, 0) is 0 Å². The molecule has 0 spiro atoms. The second-order valence-corrected chi connectivity index (χ2v) is 6.24. The van der Waals surface area contributed by atoms with Crippen molar-refractivity contribution in [1.29, 1.82) is 0 Å². The maximum absolute atomic E-state index is 5.46. The van der Waals surface area contributed by atoms with E-state index in [4.69, 9.17) is 2.85 Å². The van der Waals surface area contributed by atoms with Crippen LogP contribution in [0.15, 0.2) is 30.3 Å². The van der Waals surface area contributed by atoms with E-state index in [1.54, 1.807) is 3.26 Å². The van der Waals surface area contributed by atoms with Gasteiger partial charge >= 0.3 is 77.9 Å². The van der Waals surface area contributed by atoms with Crippen molar-refractivity contribution in [2.24, 2.45) is 0 Å². The van der Waals surface area contributed by atoms with Crippen molar-refractivity contribution in [2.75, 3.05) is 6.61 Å². The summed E-state index contributed by atoms with van der Waals surface area (Å²) < 4.78 is 7.09. The van der Waals surface area contributed by atoms with E-state index in [0.717, 1.165) is 6.61 Å². The topological polar surface area (TPSA) is 9.23 Å². The fourth-order valence-corrected chi connectivity index (χ4v) is 4.11. The monoisotopic (exact) mass is 248 g/mol. The van der Waals surface area contributed by atoms with Crippen molar-refractivity contribution >= 4 is 26.1 Å². The number of benzene rings is 1. The quantitative estimate of drug-likeness (QED) is 0.726. The Morgan fingerprint density at radius 1 is 1.18 bits per heavy atom.